The number of rotatable bonds is 3. The minimum Gasteiger partial charge on any atom is -0.330 e. The molecule has 1 fully saturated rings. The van der Waals surface area contributed by atoms with Crippen molar-refractivity contribution in [2.75, 3.05) is 12.8 Å². The molecule has 0 aliphatic heterocycles. The lowest BCUT2D eigenvalue weighted by Crippen LogP contribution is -2.37. The molecule has 0 amide bonds. The Morgan fingerprint density at radius 3 is 2.59 bits per heavy atom. The van der Waals surface area contributed by atoms with Gasteiger partial charge >= 0.3 is 0 Å². The van der Waals surface area contributed by atoms with E-state index in [0.29, 0.717) is 6.54 Å². The standard InChI is InChI=1S/C14H20FNS/c1-17-13-11(6-5-7-12(13)15)14(10-16)8-3-2-4-9-14/h5-7H,2-4,8-10,16H2,1H3. The van der Waals surface area contributed by atoms with Crippen molar-refractivity contribution in [1.82, 2.24) is 0 Å². The zero-order valence-corrected chi connectivity index (χ0v) is 11.2. The maximum Gasteiger partial charge on any atom is 0.137 e. The minimum absolute atomic E-state index is 0.0126. The van der Waals surface area contributed by atoms with Crippen LogP contribution in [0.2, 0.25) is 0 Å². The Kier molecular flexibility index (Phi) is 4.10. The van der Waals surface area contributed by atoms with E-state index < -0.39 is 0 Å². The molecule has 1 aromatic rings. The summed E-state index contributed by atoms with van der Waals surface area (Å²) in [5.41, 5.74) is 7.16. The van der Waals surface area contributed by atoms with E-state index in [4.69, 9.17) is 5.73 Å². The predicted octanol–water partition coefficient (Wildman–Crippen LogP) is 3.71. The molecule has 0 aromatic heterocycles. The lowest BCUT2D eigenvalue weighted by Gasteiger charge is -2.38. The molecule has 1 nitrogen and oxygen atoms in total. The molecule has 1 aliphatic rings. The van der Waals surface area contributed by atoms with Gasteiger partial charge in [0.25, 0.3) is 0 Å². The Morgan fingerprint density at radius 1 is 1.29 bits per heavy atom. The molecule has 0 atom stereocenters. The summed E-state index contributed by atoms with van der Waals surface area (Å²) in [6, 6.07) is 5.42. The third-order valence-electron chi connectivity index (χ3n) is 3.94. The largest absolute Gasteiger partial charge is 0.330 e. The highest BCUT2D eigenvalue weighted by atomic mass is 32.2. The van der Waals surface area contributed by atoms with Crippen molar-refractivity contribution in [3.63, 3.8) is 0 Å². The van der Waals surface area contributed by atoms with E-state index in [-0.39, 0.29) is 11.2 Å². The van der Waals surface area contributed by atoms with Crippen LogP contribution in [-0.4, -0.2) is 12.8 Å². The molecule has 1 aliphatic carbocycles. The molecule has 1 saturated carbocycles. The molecule has 0 unspecified atom stereocenters. The predicted molar refractivity (Wildman–Crippen MR) is 72.0 cm³/mol. The first-order chi connectivity index (χ1) is 8.23. The lowest BCUT2D eigenvalue weighted by molar-refractivity contribution is 0.294. The Balaban J connectivity index is 2.46. The van der Waals surface area contributed by atoms with Gasteiger partial charge in [-0.3, -0.25) is 0 Å². The highest BCUT2D eigenvalue weighted by Gasteiger charge is 2.34. The normalized spacial score (nSPS) is 19.2. The van der Waals surface area contributed by atoms with E-state index in [1.54, 1.807) is 6.07 Å². The molecular formula is C14H20FNS. The average molecular weight is 253 g/mol. The number of thioether (sulfide) groups is 1. The third kappa shape index (κ3) is 2.36. The second kappa shape index (κ2) is 5.40. The summed E-state index contributed by atoms with van der Waals surface area (Å²) < 4.78 is 13.9. The van der Waals surface area contributed by atoms with E-state index >= 15 is 0 Å². The van der Waals surface area contributed by atoms with Crippen molar-refractivity contribution in [1.29, 1.82) is 0 Å². The summed E-state index contributed by atoms with van der Waals surface area (Å²) in [6.07, 6.45) is 7.84. The Hall–Kier alpha value is -0.540. The first-order valence-corrected chi connectivity index (χ1v) is 7.49. The number of hydrogen-bond donors (Lipinski definition) is 1. The van der Waals surface area contributed by atoms with Gasteiger partial charge in [-0.25, -0.2) is 4.39 Å². The van der Waals surface area contributed by atoms with Crippen molar-refractivity contribution >= 4 is 11.8 Å². The van der Waals surface area contributed by atoms with Gasteiger partial charge in [0.05, 0.1) is 0 Å². The van der Waals surface area contributed by atoms with Crippen molar-refractivity contribution < 1.29 is 4.39 Å². The monoisotopic (exact) mass is 253 g/mol. The molecule has 17 heavy (non-hydrogen) atoms. The summed E-state index contributed by atoms with van der Waals surface area (Å²) >= 11 is 1.50. The molecule has 2 N–H and O–H groups in total. The second-order valence-electron chi connectivity index (χ2n) is 4.87. The van der Waals surface area contributed by atoms with Gasteiger partial charge in [0.1, 0.15) is 5.82 Å². The van der Waals surface area contributed by atoms with E-state index in [0.717, 1.165) is 23.3 Å². The van der Waals surface area contributed by atoms with Crippen molar-refractivity contribution in [2.24, 2.45) is 5.73 Å². The molecule has 0 radical (unpaired) electrons. The lowest BCUT2D eigenvalue weighted by atomic mass is 9.69. The van der Waals surface area contributed by atoms with Crippen molar-refractivity contribution in [3.8, 4) is 0 Å². The van der Waals surface area contributed by atoms with Crippen LogP contribution in [-0.2, 0) is 5.41 Å². The maximum absolute atomic E-state index is 13.9. The van der Waals surface area contributed by atoms with Gasteiger partial charge in [0.2, 0.25) is 0 Å². The topological polar surface area (TPSA) is 26.0 Å². The van der Waals surface area contributed by atoms with Gasteiger partial charge in [0, 0.05) is 16.9 Å². The van der Waals surface area contributed by atoms with Crippen LogP contribution in [0.5, 0.6) is 0 Å². The van der Waals surface area contributed by atoms with E-state index in [2.05, 4.69) is 6.07 Å². The van der Waals surface area contributed by atoms with Crippen LogP contribution in [0.4, 0.5) is 4.39 Å². The summed E-state index contributed by atoms with van der Waals surface area (Å²) in [7, 11) is 0. The van der Waals surface area contributed by atoms with Gasteiger partial charge in [-0.2, -0.15) is 0 Å². The maximum atomic E-state index is 13.9. The highest BCUT2D eigenvalue weighted by Crippen LogP contribution is 2.42. The van der Waals surface area contributed by atoms with Crippen LogP contribution in [0.25, 0.3) is 0 Å². The van der Waals surface area contributed by atoms with Crippen LogP contribution in [0.15, 0.2) is 23.1 Å². The summed E-state index contributed by atoms with van der Waals surface area (Å²) in [5, 5.41) is 0. The van der Waals surface area contributed by atoms with E-state index in [1.807, 2.05) is 12.3 Å². The van der Waals surface area contributed by atoms with Crippen LogP contribution in [0.3, 0.4) is 0 Å². The fourth-order valence-corrected chi connectivity index (χ4v) is 3.71. The van der Waals surface area contributed by atoms with Crippen molar-refractivity contribution in [2.45, 2.75) is 42.4 Å². The Labute approximate surface area is 107 Å². The van der Waals surface area contributed by atoms with E-state index in [9.17, 15) is 4.39 Å². The summed E-state index contributed by atoms with van der Waals surface area (Å²) in [5.74, 6) is -0.103. The first-order valence-electron chi connectivity index (χ1n) is 6.26. The van der Waals surface area contributed by atoms with Gasteiger partial charge in [-0.05, 0) is 30.7 Å². The molecule has 1 aromatic carbocycles. The number of hydrogen-bond acceptors (Lipinski definition) is 2. The molecule has 94 valence electrons. The van der Waals surface area contributed by atoms with Gasteiger partial charge in [-0.15, -0.1) is 11.8 Å². The van der Waals surface area contributed by atoms with Gasteiger partial charge in [0.15, 0.2) is 0 Å². The molecular weight excluding hydrogens is 233 g/mol. The van der Waals surface area contributed by atoms with Gasteiger partial charge < -0.3 is 5.73 Å². The summed E-state index contributed by atoms with van der Waals surface area (Å²) in [4.78, 5) is 0.792. The summed E-state index contributed by atoms with van der Waals surface area (Å²) in [6.45, 7) is 0.629. The number of benzene rings is 1. The second-order valence-corrected chi connectivity index (χ2v) is 5.68. The molecule has 0 spiro atoms. The molecule has 0 bridgehead atoms. The Bertz CT molecular complexity index is 386. The zero-order chi connectivity index (χ0) is 12.3. The number of nitrogens with two attached hydrogens (primary N) is 1. The fourth-order valence-electron chi connectivity index (χ4n) is 2.95. The van der Waals surface area contributed by atoms with Crippen LogP contribution in [0, 0.1) is 5.82 Å². The van der Waals surface area contributed by atoms with Crippen LogP contribution < -0.4 is 5.73 Å². The van der Waals surface area contributed by atoms with E-state index in [1.165, 1.54) is 31.0 Å². The highest BCUT2D eigenvalue weighted by molar-refractivity contribution is 7.98. The molecule has 3 heteroatoms. The van der Waals surface area contributed by atoms with Crippen molar-refractivity contribution in [3.05, 3.63) is 29.6 Å². The fraction of sp³-hybridized carbons (Fsp3) is 0.571. The molecule has 2 rings (SSSR count). The smallest absolute Gasteiger partial charge is 0.137 e. The average Bonchev–Trinajstić information content (AvgIpc) is 2.39. The van der Waals surface area contributed by atoms with Crippen LogP contribution in [0.1, 0.15) is 37.7 Å². The van der Waals surface area contributed by atoms with Gasteiger partial charge in [-0.1, -0.05) is 31.4 Å². The molecule has 0 heterocycles. The molecule has 0 saturated heterocycles. The SMILES string of the molecule is CSc1c(F)cccc1C1(CN)CCCCC1. The zero-order valence-electron chi connectivity index (χ0n) is 10.3. The minimum atomic E-state index is -0.103. The van der Waals surface area contributed by atoms with Crippen LogP contribution >= 0.6 is 11.8 Å². The number of halogens is 1. The Morgan fingerprint density at radius 2 is 2.00 bits per heavy atom. The quantitative estimate of drug-likeness (QED) is 0.831. The third-order valence-corrected chi connectivity index (χ3v) is 4.77. The first kappa shape index (κ1) is 12.9.